The summed E-state index contributed by atoms with van der Waals surface area (Å²) in [7, 11) is 0. The second kappa shape index (κ2) is 8.37. The van der Waals surface area contributed by atoms with E-state index in [-0.39, 0.29) is 12.8 Å². The minimum Gasteiger partial charge on any atom is -0.480 e. The molecular formula is C10H13N3O7. The van der Waals surface area contributed by atoms with Crippen LogP contribution < -0.4 is 11.2 Å². The number of hydroxylamine groups is 1. The molecule has 10 heteroatoms. The van der Waals surface area contributed by atoms with E-state index in [1.165, 1.54) is 5.48 Å². The van der Waals surface area contributed by atoms with E-state index >= 15 is 0 Å². The van der Waals surface area contributed by atoms with E-state index in [0.29, 0.717) is 4.90 Å². The number of primary amides is 1. The largest absolute Gasteiger partial charge is 0.480 e. The van der Waals surface area contributed by atoms with E-state index in [4.69, 9.17) is 16.0 Å². The molecule has 1 aliphatic rings. The number of carboxylic acid groups (broad SMARTS) is 1. The summed E-state index contributed by atoms with van der Waals surface area (Å²) in [5, 5.41) is 16.1. The molecule has 1 heterocycles. The molecule has 0 spiro atoms. The van der Waals surface area contributed by atoms with Crippen LogP contribution in [-0.4, -0.2) is 51.4 Å². The summed E-state index contributed by atoms with van der Waals surface area (Å²) in [6.45, 7) is -0.565. The van der Waals surface area contributed by atoms with Crippen LogP contribution in [0.15, 0.2) is 12.2 Å². The molecule has 0 radical (unpaired) electrons. The number of nitrogens with zero attached hydrogens (tertiary/aromatic N) is 1. The zero-order chi connectivity index (χ0) is 15.7. The van der Waals surface area contributed by atoms with E-state index in [2.05, 4.69) is 0 Å². The normalized spacial score (nSPS) is 12.8. The summed E-state index contributed by atoms with van der Waals surface area (Å²) in [5.41, 5.74) is 6.07. The van der Waals surface area contributed by atoms with Crippen molar-refractivity contribution in [2.24, 2.45) is 5.73 Å². The average Bonchev–Trinajstić information content (AvgIpc) is 2.68. The van der Waals surface area contributed by atoms with Crippen LogP contribution in [0, 0.1) is 0 Å². The van der Waals surface area contributed by atoms with Crippen molar-refractivity contribution in [2.75, 3.05) is 6.54 Å². The summed E-state index contributed by atoms with van der Waals surface area (Å²) >= 11 is 0. The lowest BCUT2D eigenvalue weighted by atomic mass is 10.3. The molecule has 0 saturated carbocycles. The van der Waals surface area contributed by atoms with Crippen molar-refractivity contribution in [3.05, 3.63) is 12.2 Å². The second-order valence-corrected chi connectivity index (χ2v) is 3.49. The van der Waals surface area contributed by atoms with Crippen molar-refractivity contribution in [2.45, 2.75) is 12.8 Å². The van der Waals surface area contributed by atoms with Gasteiger partial charge < -0.3 is 10.8 Å². The van der Waals surface area contributed by atoms with E-state index < -0.39 is 36.1 Å². The number of hydrogen-bond acceptors (Lipinski definition) is 6. The van der Waals surface area contributed by atoms with Crippen molar-refractivity contribution >= 4 is 29.6 Å². The SMILES string of the molecule is NC(=O)CCC(=O)NO.O=C(O)CN1C(=O)C=CC1=O. The smallest absolute Gasteiger partial charge is 0.323 e. The molecule has 5 N–H and O–H groups in total. The second-order valence-electron chi connectivity index (χ2n) is 3.49. The van der Waals surface area contributed by atoms with Crippen molar-refractivity contribution in [1.82, 2.24) is 10.4 Å². The van der Waals surface area contributed by atoms with Crippen LogP contribution in [-0.2, 0) is 24.0 Å². The molecule has 0 aromatic carbocycles. The fourth-order valence-electron chi connectivity index (χ4n) is 1.01. The van der Waals surface area contributed by atoms with Crippen LogP contribution in [0.2, 0.25) is 0 Å². The Morgan fingerprint density at radius 1 is 1.15 bits per heavy atom. The molecule has 0 aromatic rings. The van der Waals surface area contributed by atoms with Crippen molar-refractivity contribution in [3.8, 4) is 0 Å². The highest BCUT2D eigenvalue weighted by molar-refractivity contribution is 6.14. The molecule has 0 atom stereocenters. The summed E-state index contributed by atoms with van der Waals surface area (Å²) in [6, 6.07) is 0. The topological polar surface area (TPSA) is 167 Å². The van der Waals surface area contributed by atoms with Crippen molar-refractivity contribution < 1.29 is 34.3 Å². The van der Waals surface area contributed by atoms with Crippen LogP contribution >= 0.6 is 0 Å². The van der Waals surface area contributed by atoms with Crippen LogP contribution in [0.25, 0.3) is 0 Å². The van der Waals surface area contributed by atoms with Gasteiger partial charge in [-0.2, -0.15) is 0 Å². The Labute approximate surface area is 112 Å². The number of nitrogens with two attached hydrogens (primary N) is 1. The number of aliphatic carboxylic acids is 1. The summed E-state index contributed by atoms with van der Waals surface area (Å²) in [5.74, 6) is -3.50. The van der Waals surface area contributed by atoms with Crippen LogP contribution in [0.5, 0.6) is 0 Å². The van der Waals surface area contributed by atoms with Gasteiger partial charge in [-0.3, -0.25) is 34.1 Å². The molecule has 0 saturated heterocycles. The summed E-state index contributed by atoms with van der Waals surface area (Å²) in [6.07, 6.45) is 1.99. The zero-order valence-electron chi connectivity index (χ0n) is 10.2. The van der Waals surface area contributed by atoms with E-state index in [1.54, 1.807) is 0 Å². The molecule has 4 amide bonds. The molecule has 1 aliphatic heterocycles. The Kier molecular flexibility index (Phi) is 7.22. The Morgan fingerprint density at radius 3 is 2.00 bits per heavy atom. The molecule has 10 nitrogen and oxygen atoms in total. The number of carboxylic acids is 1. The fourth-order valence-corrected chi connectivity index (χ4v) is 1.01. The highest BCUT2D eigenvalue weighted by Crippen LogP contribution is 2.01. The van der Waals surface area contributed by atoms with Gasteiger partial charge in [0.05, 0.1) is 0 Å². The quantitative estimate of drug-likeness (QED) is 0.251. The van der Waals surface area contributed by atoms with Gasteiger partial charge in [0.1, 0.15) is 6.54 Å². The number of imide groups is 1. The molecule has 0 bridgehead atoms. The third-order valence-electron chi connectivity index (χ3n) is 1.92. The first-order chi connectivity index (χ1) is 9.27. The maximum atomic E-state index is 10.7. The maximum Gasteiger partial charge on any atom is 0.323 e. The van der Waals surface area contributed by atoms with Gasteiger partial charge >= 0.3 is 5.97 Å². The predicted octanol–water partition coefficient (Wildman–Crippen LogP) is -2.25. The summed E-state index contributed by atoms with van der Waals surface area (Å²) < 4.78 is 0. The zero-order valence-corrected chi connectivity index (χ0v) is 10.2. The number of amides is 4. The lowest BCUT2D eigenvalue weighted by Crippen LogP contribution is -2.34. The van der Waals surface area contributed by atoms with Gasteiger partial charge in [-0.05, 0) is 0 Å². The van der Waals surface area contributed by atoms with Crippen molar-refractivity contribution in [1.29, 1.82) is 0 Å². The molecule has 0 fully saturated rings. The maximum absolute atomic E-state index is 10.7. The van der Waals surface area contributed by atoms with Gasteiger partial charge in [-0.25, -0.2) is 5.48 Å². The van der Waals surface area contributed by atoms with Gasteiger partial charge in [0, 0.05) is 25.0 Å². The fraction of sp³-hybridized carbons (Fsp3) is 0.300. The molecular weight excluding hydrogens is 274 g/mol. The number of nitrogens with one attached hydrogen (secondary N) is 1. The van der Waals surface area contributed by atoms with E-state index in [0.717, 1.165) is 12.2 Å². The first-order valence-corrected chi connectivity index (χ1v) is 5.24. The summed E-state index contributed by atoms with van der Waals surface area (Å²) in [4.78, 5) is 52.2. The molecule has 20 heavy (non-hydrogen) atoms. The predicted molar refractivity (Wildman–Crippen MR) is 61.9 cm³/mol. The Balaban J connectivity index is 0.000000370. The highest BCUT2D eigenvalue weighted by atomic mass is 16.5. The lowest BCUT2D eigenvalue weighted by molar-refractivity contribution is -0.147. The Bertz CT molecular complexity index is 440. The van der Waals surface area contributed by atoms with Crippen LogP contribution in [0.3, 0.4) is 0 Å². The van der Waals surface area contributed by atoms with Crippen LogP contribution in [0.4, 0.5) is 0 Å². The molecule has 0 aromatic heterocycles. The highest BCUT2D eigenvalue weighted by Gasteiger charge is 2.24. The van der Waals surface area contributed by atoms with Gasteiger partial charge in [-0.1, -0.05) is 0 Å². The van der Waals surface area contributed by atoms with Crippen molar-refractivity contribution in [3.63, 3.8) is 0 Å². The third kappa shape index (κ3) is 6.86. The first kappa shape index (κ1) is 17.2. The number of rotatable bonds is 5. The minimum absolute atomic E-state index is 0.0353. The third-order valence-corrected chi connectivity index (χ3v) is 1.92. The molecule has 110 valence electrons. The van der Waals surface area contributed by atoms with E-state index in [9.17, 15) is 24.0 Å². The number of carbonyl (C=O) groups excluding carboxylic acids is 4. The van der Waals surface area contributed by atoms with Gasteiger partial charge in [0.25, 0.3) is 11.8 Å². The number of hydrogen-bond donors (Lipinski definition) is 4. The first-order valence-electron chi connectivity index (χ1n) is 5.24. The Morgan fingerprint density at radius 2 is 1.65 bits per heavy atom. The molecule has 1 rings (SSSR count). The molecule has 0 unspecified atom stereocenters. The average molecular weight is 287 g/mol. The monoisotopic (exact) mass is 287 g/mol. The number of carbonyl (C=O) groups is 5. The van der Waals surface area contributed by atoms with Gasteiger partial charge in [0.15, 0.2) is 0 Å². The van der Waals surface area contributed by atoms with E-state index in [1.807, 2.05) is 0 Å². The van der Waals surface area contributed by atoms with Crippen LogP contribution in [0.1, 0.15) is 12.8 Å². The minimum atomic E-state index is -1.20. The Hall–Kier alpha value is -2.75. The van der Waals surface area contributed by atoms with Gasteiger partial charge in [-0.15, -0.1) is 0 Å². The lowest BCUT2D eigenvalue weighted by Gasteiger charge is -2.08. The molecule has 0 aliphatic carbocycles. The standard InChI is InChI=1S/C6H5NO4.C4H8N2O3/c8-4-1-2-5(9)7(4)3-6(10)11;5-3(7)1-2-4(8)6-9/h1-2H,3H2,(H,10,11);9H,1-2H2,(H2,5,7)(H,6,8). The van der Waals surface area contributed by atoms with Gasteiger partial charge in [0.2, 0.25) is 11.8 Å².